The zero-order valence-electron chi connectivity index (χ0n) is 12.8. The largest absolute Gasteiger partial charge is 0.357 e. The Hall–Kier alpha value is -1.93. The summed E-state index contributed by atoms with van der Waals surface area (Å²) in [4.78, 5) is 12.2. The van der Waals surface area contributed by atoms with E-state index in [0.717, 1.165) is 0 Å². The van der Waals surface area contributed by atoms with Gasteiger partial charge in [-0.3, -0.25) is 4.79 Å². The van der Waals surface area contributed by atoms with E-state index in [1.54, 1.807) is 32.1 Å². The second-order valence-electron chi connectivity index (χ2n) is 4.76. The first kappa shape index (κ1) is 17.4. The van der Waals surface area contributed by atoms with E-state index in [9.17, 15) is 9.18 Å². The zero-order valence-corrected chi connectivity index (χ0v) is 14.4. The molecule has 0 bridgehead atoms. The van der Waals surface area contributed by atoms with Crippen LogP contribution in [0.15, 0.2) is 35.2 Å². The molecule has 2 rings (SSSR count). The Morgan fingerprint density at radius 2 is 2.30 bits per heavy atom. The molecule has 0 radical (unpaired) electrons. The molecule has 1 atom stereocenters. The minimum Gasteiger partial charge on any atom is -0.357 e. The number of amides is 1. The molecule has 1 unspecified atom stereocenters. The van der Waals surface area contributed by atoms with E-state index in [4.69, 9.17) is 0 Å². The molecular formula is C15H17FN4OS2. The second-order valence-corrected chi connectivity index (χ2v) is 7.32. The van der Waals surface area contributed by atoms with Crippen molar-refractivity contribution >= 4 is 39.8 Å². The lowest BCUT2D eigenvalue weighted by molar-refractivity contribution is -0.115. The molecule has 0 aliphatic carbocycles. The Labute approximate surface area is 142 Å². The van der Waals surface area contributed by atoms with Gasteiger partial charge in [-0.05, 0) is 31.5 Å². The molecule has 0 aliphatic rings. The Balaban J connectivity index is 1.92. The van der Waals surface area contributed by atoms with Gasteiger partial charge in [-0.15, -0.1) is 16.8 Å². The van der Waals surface area contributed by atoms with Crippen LogP contribution in [0.25, 0.3) is 0 Å². The third-order valence-corrected chi connectivity index (χ3v) is 4.96. The molecule has 0 fully saturated rings. The summed E-state index contributed by atoms with van der Waals surface area (Å²) >= 11 is 2.68. The first-order valence-electron chi connectivity index (χ1n) is 6.91. The van der Waals surface area contributed by atoms with Crippen molar-refractivity contribution in [3.63, 3.8) is 0 Å². The number of rotatable bonds is 7. The van der Waals surface area contributed by atoms with Crippen LogP contribution in [0.4, 0.5) is 15.2 Å². The third-order valence-electron chi connectivity index (χ3n) is 2.89. The highest BCUT2D eigenvalue weighted by atomic mass is 32.2. The number of hydrogen-bond acceptors (Lipinski definition) is 6. The summed E-state index contributed by atoms with van der Waals surface area (Å²) in [5.74, 6) is -0.556. The highest BCUT2D eigenvalue weighted by Gasteiger charge is 2.17. The number of aryl methyl sites for hydroxylation is 1. The maximum Gasteiger partial charge on any atom is 0.237 e. The number of aromatic nitrogens is 2. The van der Waals surface area contributed by atoms with Gasteiger partial charge >= 0.3 is 0 Å². The Morgan fingerprint density at radius 3 is 3.00 bits per heavy atom. The molecule has 1 amide bonds. The number of thioether (sulfide) groups is 1. The smallest absolute Gasteiger partial charge is 0.237 e. The fourth-order valence-corrected chi connectivity index (χ4v) is 3.51. The quantitative estimate of drug-likeness (QED) is 0.587. The van der Waals surface area contributed by atoms with Gasteiger partial charge in [0.05, 0.1) is 5.25 Å². The van der Waals surface area contributed by atoms with Gasteiger partial charge in [-0.2, -0.15) is 0 Å². The van der Waals surface area contributed by atoms with Gasteiger partial charge in [0, 0.05) is 12.2 Å². The van der Waals surface area contributed by atoms with E-state index >= 15 is 0 Å². The molecule has 1 aromatic heterocycles. The van der Waals surface area contributed by atoms with Gasteiger partial charge in [0.1, 0.15) is 5.82 Å². The van der Waals surface area contributed by atoms with Crippen LogP contribution in [0.2, 0.25) is 0 Å². The van der Waals surface area contributed by atoms with E-state index in [2.05, 4.69) is 27.4 Å². The number of carbonyl (C=O) groups excluding carboxylic acids is 1. The number of halogens is 1. The van der Waals surface area contributed by atoms with Crippen molar-refractivity contribution in [1.29, 1.82) is 0 Å². The molecule has 23 heavy (non-hydrogen) atoms. The summed E-state index contributed by atoms with van der Waals surface area (Å²) in [6.07, 6.45) is 1.73. The number of carbonyl (C=O) groups is 1. The fraction of sp³-hybridized carbons (Fsp3) is 0.267. The number of nitrogens with zero attached hydrogens (tertiary/aromatic N) is 2. The highest BCUT2D eigenvalue weighted by molar-refractivity contribution is 8.02. The summed E-state index contributed by atoms with van der Waals surface area (Å²) in [6, 6.07) is 4.62. The Kier molecular flexibility index (Phi) is 6.12. The lowest BCUT2D eigenvalue weighted by Crippen LogP contribution is -2.22. The number of nitrogens with one attached hydrogen (secondary N) is 2. The molecular weight excluding hydrogens is 335 g/mol. The van der Waals surface area contributed by atoms with Crippen LogP contribution >= 0.6 is 23.1 Å². The van der Waals surface area contributed by atoms with E-state index in [0.29, 0.717) is 27.3 Å². The number of benzene rings is 1. The summed E-state index contributed by atoms with van der Waals surface area (Å²) in [5.41, 5.74) is 0.981. The fourth-order valence-electron chi connectivity index (χ4n) is 1.61. The van der Waals surface area contributed by atoms with Crippen LogP contribution in [-0.2, 0) is 4.79 Å². The van der Waals surface area contributed by atoms with Crippen molar-refractivity contribution in [3.8, 4) is 0 Å². The third kappa shape index (κ3) is 5.04. The van der Waals surface area contributed by atoms with Gasteiger partial charge in [0.15, 0.2) is 4.34 Å². The lowest BCUT2D eigenvalue weighted by atomic mass is 10.2. The van der Waals surface area contributed by atoms with Crippen LogP contribution in [0, 0.1) is 12.7 Å². The minimum absolute atomic E-state index is 0.214. The maximum absolute atomic E-state index is 13.5. The predicted octanol–water partition coefficient (Wildman–Crippen LogP) is 3.70. The average molecular weight is 352 g/mol. The van der Waals surface area contributed by atoms with Crippen molar-refractivity contribution < 1.29 is 9.18 Å². The van der Waals surface area contributed by atoms with Crippen LogP contribution in [-0.4, -0.2) is 27.9 Å². The van der Waals surface area contributed by atoms with E-state index in [1.807, 2.05) is 0 Å². The van der Waals surface area contributed by atoms with Crippen molar-refractivity contribution in [2.24, 2.45) is 0 Å². The van der Waals surface area contributed by atoms with E-state index in [-0.39, 0.29) is 17.0 Å². The Bertz CT molecular complexity index is 705. The normalized spacial score (nSPS) is 11.8. The molecule has 8 heteroatoms. The van der Waals surface area contributed by atoms with Gasteiger partial charge in [-0.1, -0.05) is 35.2 Å². The van der Waals surface area contributed by atoms with Gasteiger partial charge in [0.25, 0.3) is 0 Å². The van der Waals surface area contributed by atoms with Crippen LogP contribution < -0.4 is 10.6 Å². The Morgan fingerprint density at radius 1 is 1.52 bits per heavy atom. The van der Waals surface area contributed by atoms with E-state index in [1.165, 1.54) is 29.2 Å². The molecule has 0 aliphatic heterocycles. The van der Waals surface area contributed by atoms with Gasteiger partial charge < -0.3 is 10.6 Å². The standard InChI is InChI=1S/C15H17FN4OS2/c1-4-7-17-14-19-20-15(23-14)22-10(3)13(21)18-11-6-5-9(2)12(16)8-11/h4-6,8,10H,1,7H2,2-3H3,(H,17,19)(H,18,21). The van der Waals surface area contributed by atoms with Crippen molar-refractivity contribution in [1.82, 2.24) is 10.2 Å². The maximum atomic E-state index is 13.5. The molecule has 0 saturated carbocycles. The first-order chi connectivity index (χ1) is 11.0. The molecule has 2 N–H and O–H groups in total. The van der Waals surface area contributed by atoms with Crippen LogP contribution in [0.5, 0.6) is 0 Å². The lowest BCUT2D eigenvalue weighted by Gasteiger charge is -2.10. The van der Waals surface area contributed by atoms with Gasteiger partial charge in [0.2, 0.25) is 11.0 Å². The minimum atomic E-state index is -0.375. The van der Waals surface area contributed by atoms with Crippen molar-refractivity contribution in [2.75, 3.05) is 17.2 Å². The predicted molar refractivity (Wildman–Crippen MR) is 93.7 cm³/mol. The monoisotopic (exact) mass is 352 g/mol. The van der Waals surface area contributed by atoms with E-state index < -0.39 is 0 Å². The zero-order chi connectivity index (χ0) is 16.8. The molecule has 2 aromatic rings. The SMILES string of the molecule is C=CCNc1nnc(SC(C)C(=O)Nc2ccc(C)c(F)c2)s1. The summed E-state index contributed by atoms with van der Waals surface area (Å²) in [6.45, 7) is 7.66. The summed E-state index contributed by atoms with van der Waals surface area (Å²) in [5, 5.41) is 14.0. The molecule has 1 heterocycles. The summed E-state index contributed by atoms with van der Waals surface area (Å²) in [7, 11) is 0. The molecule has 0 spiro atoms. The molecule has 1 aromatic carbocycles. The number of anilines is 2. The summed E-state index contributed by atoms with van der Waals surface area (Å²) < 4.78 is 14.2. The molecule has 5 nitrogen and oxygen atoms in total. The molecule has 0 saturated heterocycles. The second kappa shape index (κ2) is 8.07. The number of hydrogen-bond donors (Lipinski definition) is 2. The van der Waals surface area contributed by atoms with Crippen LogP contribution in [0.3, 0.4) is 0 Å². The first-order valence-corrected chi connectivity index (χ1v) is 8.61. The average Bonchev–Trinajstić information content (AvgIpc) is 2.96. The van der Waals surface area contributed by atoms with Crippen molar-refractivity contribution in [2.45, 2.75) is 23.4 Å². The topological polar surface area (TPSA) is 66.9 Å². The van der Waals surface area contributed by atoms with Crippen molar-refractivity contribution in [3.05, 3.63) is 42.2 Å². The van der Waals surface area contributed by atoms with Crippen LogP contribution in [0.1, 0.15) is 12.5 Å². The van der Waals surface area contributed by atoms with Gasteiger partial charge in [-0.25, -0.2) is 4.39 Å². The molecule has 122 valence electrons. The highest BCUT2D eigenvalue weighted by Crippen LogP contribution is 2.29.